The highest BCUT2D eigenvalue weighted by atomic mass is 16.5. The van der Waals surface area contributed by atoms with Gasteiger partial charge in [-0.3, -0.25) is 0 Å². The fraction of sp³-hybridized carbons (Fsp3) is 0.0645. The molecule has 0 N–H and O–H groups in total. The van der Waals surface area contributed by atoms with Crippen LogP contribution in [0.3, 0.4) is 0 Å². The second kappa shape index (κ2) is 9.74. The number of rotatable bonds is 6. The summed E-state index contributed by atoms with van der Waals surface area (Å²) in [4.78, 5) is 13.6. The van der Waals surface area contributed by atoms with Gasteiger partial charge in [-0.15, -0.1) is 0 Å². The Bertz CT molecular complexity index is 1480. The standard InChI is InChI=1S/C31H24O4/c1-33-25-17-13-22(14-18-25)27-28(23-15-19-26(34-2)20-16-23)30(24-11-7-4-8-12-24)35-31(32)29(27)21-9-5-3-6-10-21/h3-20H,1-2H3. The summed E-state index contributed by atoms with van der Waals surface area (Å²) in [5.41, 5.74) is 5.18. The van der Waals surface area contributed by atoms with Gasteiger partial charge in [-0.1, -0.05) is 84.9 Å². The van der Waals surface area contributed by atoms with E-state index < -0.39 is 5.63 Å². The molecule has 1 aromatic heterocycles. The van der Waals surface area contributed by atoms with Crippen molar-refractivity contribution in [2.75, 3.05) is 14.2 Å². The minimum absolute atomic E-state index is 0.391. The van der Waals surface area contributed by atoms with E-state index >= 15 is 0 Å². The van der Waals surface area contributed by atoms with Crippen molar-refractivity contribution in [1.82, 2.24) is 0 Å². The van der Waals surface area contributed by atoms with Crippen LogP contribution in [0.1, 0.15) is 0 Å². The summed E-state index contributed by atoms with van der Waals surface area (Å²) in [6, 6.07) is 34.9. The second-order valence-electron chi connectivity index (χ2n) is 8.03. The first-order valence-electron chi connectivity index (χ1n) is 11.3. The van der Waals surface area contributed by atoms with E-state index in [0.717, 1.165) is 44.9 Å². The molecule has 0 fully saturated rings. The van der Waals surface area contributed by atoms with Gasteiger partial charge in [0, 0.05) is 16.7 Å². The van der Waals surface area contributed by atoms with Crippen LogP contribution in [0, 0.1) is 0 Å². The van der Waals surface area contributed by atoms with Crippen molar-refractivity contribution in [2.24, 2.45) is 0 Å². The highest BCUT2D eigenvalue weighted by Crippen LogP contribution is 2.44. The molecule has 0 aliphatic carbocycles. The smallest absolute Gasteiger partial charge is 0.344 e. The Kier molecular flexibility index (Phi) is 6.18. The maximum atomic E-state index is 13.6. The van der Waals surface area contributed by atoms with Gasteiger partial charge >= 0.3 is 5.63 Å². The molecule has 0 saturated carbocycles. The van der Waals surface area contributed by atoms with Crippen LogP contribution in [0.5, 0.6) is 11.5 Å². The van der Waals surface area contributed by atoms with Crippen molar-refractivity contribution in [3.63, 3.8) is 0 Å². The maximum absolute atomic E-state index is 13.6. The fourth-order valence-corrected chi connectivity index (χ4v) is 4.27. The maximum Gasteiger partial charge on any atom is 0.344 e. The first kappa shape index (κ1) is 22.2. The first-order valence-corrected chi connectivity index (χ1v) is 11.3. The number of ether oxygens (including phenoxy) is 2. The zero-order valence-corrected chi connectivity index (χ0v) is 19.5. The SMILES string of the molecule is COc1ccc(-c2c(-c3ccccc3)oc(=O)c(-c3ccccc3)c2-c2ccc(OC)cc2)cc1. The van der Waals surface area contributed by atoms with Gasteiger partial charge in [-0.25, -0.2) is 4.79 Å². The van der Waals surface area contributed by atoms with E-state index in [-0.39, 0.29) is 0 Å². The lowest BCUT2D eigenvalue weighted by atomic mass is 9.87. The summed E-state index contributed by atoms with van der Waals surface area (Å²) in [6.07, 6.45) is 0. The molecule has 35 heavy (non-hydrogen) atoms. The van der Waals surface area contributed by atoms with E-state index in [2.05, 4.69) is 0 Å². The molecule has 0 aliphatic rings. The molecule has 0 radical (unpaired) electrons. The Balaban J connectivity index is 1.92. The van der Waals surface area contributed by atoms with Crippen LogP contribution < -0.4 is 15.1 Å². The Morgan fingerprint density at radius 2 is 0.914 bits per heavy atom. The van der Waals surface area contributed by atoms with Crippen LogP contribution in [0.4, 0.5) is 0 Å². The molecule has 5 aromatic rings. The first-order chi connectivity index (χ1) is 17.2. The molecule has 0 aliphatic heterocycles. The quantitative estimate of drug-likeness (QED) is 0.266. The Hall–Kier alpha value is -4.57. The van der Waals surface area contributed by atoms with Crippen LogP contribution in [-0.2, 0) is 0 Å². The van der Waals surface area contributed by atoms with Crippen molar-refractivity contribution in [2.45, 2.75) is 0 Å². The molecule has 1 heterocycles. The molecule has 172 valence electrons. The van der Waals surface area contributed by atoms with Gasteiger partial charge in [0.15, 0.2) is 0 Å². The zero-order valence-electron chi connectivity index (χ0n) is 19.5. The molecule has 4 aromatic carbocycles. The van der Waals surface area contributed by atoms with Gasteiger partial charge in [0.05, 0.1) is 19.8 Å². The van der Waals surface area contributed by atoms with Crippen LogP contribution in [0.25, 0.3) is 44.7 Å². The van der Waals surface area contributed by atoms with E-state index in [1.807, 2.05) is 109 Å². The molecule has 4 nitrogen and oxygen atoms in total. The van der Waals surface area contributed by atoms with E-state index in [1.54, 1.807) is 14.2 Å². The van der Waals surface area contributed by atoms with Gasteiger partial charge in [-0.2, -0.15) is 0 Å². The highest BCUT2D eigenvalue weighted by molar-refractivity contribution is 5.99. The molecular formula is C31H24O4. The third kappa shape index (κ3) is 4.34. The number of hydrogen-bond acceptors (Lipinski definition) is 4. The summed E-state index contributed by atoms with van der Waals surface area (Å²) in [5.74, 6) is 2.01. The summed E-state index contributed by atoms with van der Waals surface area (Å²) >= 11 is 0. The van der Waals surface area contributed by atoms with Crippen LogP contribution in [-0.4, -0.2) is 14.2 Å². The predicted octanol–water partition coefficient (Wildman–Crippen LogP) is 7.33. The van der Waals surface area contributed by atoms with Gasteiger partial charge in [-0.05, 0) is 41.0 Å². The monoisotopic (exact) mass is 460 g/mol. The van der Waals surface area contributed by atoms with Crippen molar-refractivity contribution in [3.05, 3.63) is 120 Å². The molecular weight excluding hydrogens is 436 g/mol. The van der Waals surface area contributed by atoms with Gasteiger partial charge in [0.2, 0.25) is 0 Å². The molecule has 4 heteroatoms. The summed E-state index contributed by atoms with van der Waals surface area (Å²) in [5, 5.41) is 0. The highest BCUT2D eigenvalue weighted by Gasteiger charge is 2.24. The predicted molar refractivity (Wildman–Crippen MR) is 140 cm³/mol. The average molecular weight is 461 g/mol. The Labute approximate surface area is 204 Å². The lowest BCUT2D eigenvalue weighted by Gasteiger charge is -2.19. The number of hydrogen-bond donors (Lipinski definition) is 0. The molecule has 0 bridgehead atoms. The lowest BCUT2D eigenvalue weighted by molar-refractivity contribution is 0.414. The minimum Gasteiger partial charge on any atom is -0.497 e. The van der Waals surface area contributed by atoms with Crippen LogP contribution in [0.2, 0.25) is 0 Å². The van der Waals surface area contributed by atoms with E-state index in [4.69, 9.17) is 13.9 Å². The number of benzene rings is 4. The minimum atomic E-state index is -0.391. The Morgan fingerprint density at radius 1 is 0.486 bits per heavy atom. The van der Waals surface area contributed by atoms with Gasteiger partial charge in [0.25, 0.3) is 0 Å². The summed E-state index contributed by atoms with van der Waals surface area (Å²) < 4.78 is 16.9. The third-order valence-electron chi connectivity index (χ3n) is 5.98. The van der Waals surface area contributed by atoms with E-state index in [0.29, 0.717) is 11.3 Å². The lowest BCUT2D eigenvalue weighted by Crippen LogP contribution is -2.09. The normalized spacial score (nSPS) is 10.7. The Morgan fingerprint density at radius 3 is 1.40 bits per heavy atom. The topological polar surface area (TPSA) is 48.7 Å². The van der Waals surface area contributed by atoms with Crippen LogP contribution in [0.15, 0.2) is 118 Å². The summed E-state index contributed by atoms with van der Waals surface area (Å²) in [6.45, 7) is 0. The largest absolute Gasteiger partial charge is 0.497 e. The van der Waals surface area contributed by atoms with Crippen LogP contribution >= 0.6 is 0 Å². The summed E-state index contributed by atoms with van der Waals surface area (Å²) in [7, 11) is 3.28. The van der Waals surface area contributed by atoms with Crippen molar-refractivity contribution >= 4 is 0 Å². The molecule has 0 saturated heterocycles. The molecule has 0 amide bonds. The zero-order chi connectivity index (χ0) is 24.2. The molecule has 0 spiro atoms. The third-order valence-corrected chi connectivity index (χ3v) is 5.98. The fourth-order valence-electron chi connectivity index (χ4n) is 4.27. The van der Waals surface area contributed by atoms with Crippen molar-refractivity contribution in [3.8, 4) is 56.2 Å². The molecule has 5 rings (SSSR count). The average Bonchev–Trinajstić information content (AvgIpc) is 2.93. The number of methoxy groups -OCH3 is 2. The molecule has 0 atom stereocenters. The van der Waals surface area contributed by atoms with Gasteiger partial charge in [0.1, 0.15) is 17.3 Å². The van der Waals surface area contributed by atoms with Gasteiger partial charge < -0.3 is 13.9 Å². The second-order valence-corrected chi connectivity index (χ2v) is 8.03. The van der Waals surface area contributed by atoms with Crippen molar-refractivity contribution < 1.29 is 13.9 Å². The van der Waals surface area contributed by atoms with E-state index in [1.165, 1.54) is 0 Å². The van der Waals surface area contributed by atoms with E-state index in [9.17, 15) is 4.79 Å². The van der Waals surface area contributed by atoms with Crippen molar-refractivity contribution in [1.29, 1.82) is 0 Å². The molecule has 0 unspecified atom stereocenters.